The molecule has 0 aliphatic heterocycles. The van der Waals surface area contributed by atoms with Crippen LogP contribution in [-0.2, 0) is 13.6 Å². The highest BCUT2D eigenvalue weighted by Gasteiger charge is 2.33. The Morgan fingerprint density at radius 2 is 2.10 bits per heavy atom. The van der Waals surface area contributed by atoms with Gasteiger partial charge in [0.25, 0.3) is 5.91 Å². The zero-order chi connectivity index (χ0) is 14.8. The molecule has 1 aliphatic rings. The summed E-state index contributed by atoms with van der Waals surface area (Å²) in [5, 5.41) is 4.08. The zero-order valence-electron chi connectivity index (χ0n) is 12.3. The summed E-state index contributed by atoms with van der Waals surface area (Å²) in [5.41, 5.74) is 1.76. The van der Waals surface area contributed by atoms with E-state index in [0.717, 1.165) is 24.2 Å². The molecule has 5 heteroatoms. The van der Waals surface area contributed by atoms with Crippen LogP contribution in [0.3, 0.4) is 0 Å². The van der Waals surface area contributed by atoms with Crippen molar-refractivity contribution < 1.29 is 9.53 Å². The van der Waals surface area contributed by atoms with Crippen LogP contribution in [-0.4, -0.2) is 33.7 Å². The number of hydrogen-bond acceptors (Lipinski definition) is 3. The van der Waals surface area contributed by atoms with E-state index < -0.39 is 0 Å². The van der Waals surface area contributed by atoms with Gasteiger partial charge in [0.1, 0.15) is 5.75 Å². The predicted octanol–water partition coefficient (Wildman–Crippen LogP) is 2.23. The smallest absolute Gasteiger partial charge is 0.257 e. The maximum atomic E-state index is 12.6. The molecule has 1 saturated carbocycles. The molecule has 1 aliphatic carbocycles. The summed E-state index contributed by atoms with van der Waals surface area (Å²) in [5.74, 6) is 0.886. The number of carbonyl (C=O) groups is 1. The largest absolute Gasteiger partial charge is 0.497 e. The summed E-state index contributed by atoms with van der Waals surface area (Å²) in [6.07, 6.45) is 5.57. The van der Waals surface area contributed by atoms with E-state index in [2.05, 4.69) is 5.10 Å². The second-order valence-electron chi connectivity index (χ2n) is 5.41. The van der Waals surface area contributed by atoms with Gasteiger partial charge in [-0.2, -0.15) is 5.10 Å². The minimum absolute atomic E-state index is 0.0569. The van der Waals surface area contributed by atoms with Crippen LogP contribution in [0.2, 0.25) is 0 Å². The predicted molar refractivity (Wildman–Crippen MR) is 79.1 cm³/mol. The molecule has 0 N–H and O–H groups in total. The first kappa shape index (κ1) is 13.7. The van der Waals surface area contributed by atoms with Crippen molar-refractivity contribution in [2.45, 2.75) is 25.4 Å². The van der Waals surface area contributed by atoms with Crippen molar-refractivity contribution in [1.82, 2.24) is 14.7 Å². The molecule has 0 saturated heterocycles. The SMILES string of the molecule is COc1ccc(CN(C(=O)c2cnn(C)c2)C2CC2)cc1. The summed E-state index contributed by atoms with van der Waals surface area (Å²) in [6.45, 7) is 0.627. The number of methoxy groups -OCH3 is 1. The van der Waals surface area contributed by atoms with Gasteiger partial charge in [-0.3, -0.25) is 9.48 Å². The molecule has 2 aromatic rings. The molecule has 0 spiro atoms. The van der Waals surface area contributed by atoms with Crippen molar-refractivity contribution >= 4 is 5.91 Å². The molecule has 0 atom stereocenters. The van der Waals surface area contributed by atoms with Crippen LogP contribution in [0.15, 0.2) is 36.7 Å². The molecule has 1 aromatic carbocycles. The Bertz CT molecular complexity index is 629. The number of carbonyl (C=O) groups excluding carboxylic acids is 1. The first-order valence-corrected chi connectivity index (χ1v) is 7.10. The third-order valence-electron chi connectivity index (χ3n) is 3.71. The van der Waals surface area contributed by atoms with Crippen LogP contribution in [0.4, 0.5) is 0 Å². The van der Waals surface area contributed by atoms with E-state index in [1.54, 1.807) is 24.2 Å². The quantitative estimate of drug-likeness (QED) is 0.846. The monoisotopic (exact) mass is 285 g/mol. The zero-order valence-corrected chi connectivity index (χ0v) is 12.3. The van der Waals surface area contributed by atoms with Gasteiger partial charge in [-0.15, -0.1) is 0 Å². The van der Waals surface area contributed by atoms with Gasteiger partial charge in [-0.05, 0) is 30.5 Å². The van der Waals surface area contributed by atoms with Crippen molar-refractivity contribution in [3.05, 3.63) is 47.8 Å². The number of benzene rings is 1. The number of ether oxygens (including phenoxy) is 1. The summed E-state index contributed by atoms with van der Waals surface area (Å²) in [7, 11) is 3.47. The highest BCUT2D eigenvalue weighted by molar-refractivity contribution is 5.94. The summed E-state index contributed by atoms with van der Waals surface area (Å²) in [6, 6.07) is 8.22. The fraction of sp³-hybridized carbons (Fsp3) is 0.375. The summed E-state index contributed by atoms with van der Waals surface area (Å²) in [4.78, 5) is 14.6. The molecule has 110 valence electrons. The Morgan fingerprint density at radius 1 is 1.38 bits per heavy atom. The van der Waals surface area contributed by atoms with Gasteiger partial charge in [0.2, 0.25) is 0 Å². The van der Waals surface area contributed by atoms with Gasteiger partial charge in [-0.1, -0.05) is 12.1 Å². The molecule has 0 bridgehead atoms. The fourth-order valence-corrected chi connectivity index (χ4v) is 2.38. The van der Waals surface area contributed by atoms with E-state index >= 15 is 0 Å². The van der Waals surface area contributed by atoms with Crippen LogP contribution < -0.4 is 4.74 Å². The first-order chi connectivity index (χ1) is 10.2. The first-order valence-electron chi connectivity index (χ1n) is 7.10. The minimum atomic E-state index is 0.0569. The lowest BCUT2D eigenvalue weighted by molar-refractivity contribution is 0.0730. The number of hydrogen-bond donors (Lipinski definition) is 0. The normalized spacial score (nSPS) is 14.0. The lowest BCUT2D eigenvalue weighted by Crippen LogP contribution is -2.32. The topological polar surface area (TPSA) is 47.4 Å². The van der Waals surface area contributed by atoms with E-state index in [1.807, 2.05) is 36.2 Å². The summed E-state index contributed by atoms with van der Waals surface area (Å²) < 4.78 is 6.82. The summed E-state index contributed by atoms with van der Waals surface area (Å²) >= 11 is 0. The molecular weight excluding hydrogens is 266 g/mol. The Balaban J connectivity index is 1.76. The van der Waals surface area contributed by atoms with E-state index in [-0.39, 0.29) is 5.91 Å². The number of rotatable bonds is 5. The van der Waals surface area contributed by atoms with Gasteiger partial charge in [0, 0.05) is 25.8 Å². The third-order valence-corrected chi connectivity index (χ3v) is 3.71. The van der Waals surface area contributed by atoms with Crippen molar-refractivity contribution in [3.63, 3.8) is 0 Å². The Kier molecular flexibility index (Phi) is 3.64. The van der Waals surface area contributed by atoms with Crippen LogP contribution in [0, 0.1) is 0 Å². The van der Waals surface area contributed by atoms with E-state index in [0.29, 0.717) is 18.2 Å². The van der Waals surface area contributed by atoms with E-state index in [1.165, 1.54) is 0 Å². The second kappa shape index (κ2) is 5.60. The Hall–Kier alpha value is -2.30. The molecule has 1 amide bonds. The maximum Gasteiger partial charge on any atom is 0.257 e. The van der Waals surface area contributed by atoms with E-state index in [4.69, 9.17) is 4.74 Å². The number of aromatic nitrogens is 2. The van der Waals surface area contributed by atoms with Crippen molar-refractivity contribution in [2.75, 3.05) is 7.11 Å². The highest BCUT2D eigenvalue weighted by atomic mass is 16.5. The molecule has 3 rings (SSSR count). The minimum Gasteiger partial charge on any atom is -0.497 e. The molecular formula is C16H19N3O2. The van der Waals surface area contributed by atoms with Crippen LogP contribution in [0.25, 0.3) is 0 Å². The van der Waals surface area contributed by atoms with Crippen LogP contribution in [0.1, 0.15) is 28.8 Å². The molecule has 0 unspecified atom stereocenters. The average molecular weight is 285 g/mol. The molecule has 1 fully saturated rings. The molecule has 21 heavy (non-hydrogen) atoms. The molecule has 1 aromatic heterocycles. The molecule has 1 heterocycles. The van der Waals surface area contributed by atoms with Gasteiger partial charge in [-0.25, -0.2) is 0 Å². The Morgan fingerprint density at radius 3 is 2.62 bits per heavy atom. The van der Waals surface area contributed by atoms with Crippen molar-refractivity contribution in [1.29, 1.82) is 0 Å². The molecule has 0 radical (unpaired) electrons. The van der Waals surface area contributed by atoms with Gasteiger partial charge in [0.15, 0.2) is 0 Å². The Labute approximate surface area is 124 Å². The standard InChI is InChI=1S/C16H19N3O2/c1-18-11-13(9-17-18)16(20)19(14-5-6-14)10-12-3-7-15(21-2)8-4-12/h3-4,7-9,11,14H,5-6,10H2,1-2H3. The lowest BCUT2D eigenvalue weighted by atomic mass is 10.2. The van der Waals surface area contributed by atoms with Gasteiger partial charge in [0.05, 0.1) is 18.9 Å². The average Bonchev–Trinajstić information content (AvgIpc) is 3.26. The van der Waals surface area contributed by atoms with Crippen LogP contribution in [0.5, 0.6) is 5.75 Å². The number of amides is 1. The maximum absolute atomic E-state index is 12.6. The van der Waals surface area contributed by atoms with Crippen molar-refractivity contribution in [3.8, 4) is 5.75 Å². The second-order valence-corrected chi connectivity index (χ2v) is 5.41. The van der Waals surface area contributed by atoms with Crippen molar-refractivity contribution in [2.24, 2.45) is 7.05 Å². The number of aryl methyl sites for hydroxylation is 1. The third kappa shape index (κ3) is 3.07. The molecule has 5 nitrogen and oxygen atoms in total. The van der Waals surface area contributed by atoms with Gasteiger partial charge < -0.3 is 9.64 Å². The lowest BCUT2D eigenvalue weighted by Gasteiger charge is -2.22. The number of nitrogens with zero attached hydrogens (tertiary/aromatic N) is 3. The highest BCUT2D eigenvalue weighted by Crippen LogP contribution is 2.30. The van der Waals surface area contributed by atoms with E-state index in [9.17, 15) is 4.79 Å². The fourth-order valence-electron chi connectivity index (χ4n) is 2.38. The van der Waals surface area contributed by atoms with Gasteiger partial charge >= 0.3 is 0 Å². The van der Waals surface area contributed by atoms with Crippen LogP contribution >= 0.6 is 0 Å².